The molecule has 0 saturated carbocycles. The van der Waals surface area contributed by atoms with Gasteiger partial charge in [0.05, 0.1) is 18.2 Å². The molecule has 0 atom stereocenters. The Kier molecular flexibility index (Phi) is 4.50. The van der Waals surface area contributed by atoms with Gasteiger partial charge in [0, 0.05) is 11.1 Å². The van der Waals surface area contributed by atoms with E-state index >= 15 is 0 Å². The number of hydrogen-bond acceptors (Lipinski definition) is 3. The Morgan fingerprint density at radius 3 is 2.00 bits per heavy atom. The van der Waals surface area contributed by atoms with Crippen molar-refractivity contribution in [3.05, 3.63) is 82.9 Å². The minimum atomic E-state index is -4.45. The van der Waals surface area contributed by atoms with Gasteiger partial charge >= 0.3 is 12.1 Å². The standard InChI is InChI=1S/C20H13F3O3/c1-26-19(25)14-3-2-12-6-11-17(16(12)10-7-14)18(24)13-4-8-15(9-5-13)20(21,22)23/h2-11H,1H3. The van der Waals surface area contributed by atoms with Gasteiger partial charge in [0.25, 0.3) is 0 Å². The van der Waals surface area contributed by atoms with E-state index in [-0.39, 0.29) is 11.3 Å². The summed E-state index contributed by atoms with van der Waals surface area (Å²) in [5.74, 6) is -0.891. The fourth-order valence-electron chi connectivity index (χ4n) is 2.67. The Hall–Kier alpha value is -3.15. The zero-order valence-electron chi connectivity index (χ0n) is 13.6. The molecule has 26 heavy (non-hydrogen) atoms. The molecular weight excluding hydrogens is 345 g/mol. The van der Waals surface area contributed by atoms with E-state index in [0.717, 1.165) is 29.8 Å². The lowest BCUT2D eigenvalue weighted by Gasteiger charge is -2.07. The number of rotatable bonds is 3. The van der Waals surface area contributed by atoms with Crippen LogP contribution in [0, 0.1) is 0 Å². The van der Waals surface area contributed by atoms with Gasteiger partial charge in [-0.25, -0.2) is 4.79 Å². The Morgan fingerprint density at radius 2 is 1.38 bits per heavy atom. The number of ketones is 1. The predicted octanol–water partition coefficient (Wildman–Crippen LogP) is 4.83. The molecular formula is C20H13F3O3. The smallest absolute Gasteiger partial charge is 0.416 e. The summed E-state index contributed by atoms with van der Waals surface area (Å²) in [6, 6.07) is 13.8. The normalized spacial score (nSPS) is 11.4. The molecule has 0 bridgehead atoms. The topological polar surface area (TPSA) is 43.4 Å². The SMILES string of the molecule is COC(=O)c1ccc2ccc(C(=O)c3ccc(C(F)(F)F)cc3)c-2cc1. The molecule has 0 amide bonds. The van der Waals surface area contributed by atoms with Crippen LogP contribution in [0.25, 0.3) is 11.1 Å². The van der Waals surface area contributed by atoms with Gasteiger partial charge in [-0.05, 0) is 41.5 Å². The first-order chi connectivity index (χ1) is 12.3. The highest BCUT2D eigenvalue weighted by atomic mass is 19.4. The zero-order valence-corrected chi connectivity index (χ0v) is 13.6. The van der Waals surface area contributed by atoms with Crippen molar-refractivity contribution in [3.63, 3.8) is 0 Å². The number of hydrogen-bond donors (Lipinski definition) is 0. The summed E-state index contributed by atoms with van der Waals surface area (Å²) in [4.78, 5) is 24.3. The third-order valence-corrected chi connectivity index (χ3v) is 4.04. The molecule has 0 aliphatic heterocycles. The summed E-state index contributed by atoms with van der Waals surface area (Å²) >= 11 is 0. The van der Waals surface area contributed by atoms with E-state index in [2.05, 4.69) is 4.74 Å². The molecule has 0 saturated heterocycles. The van der Waals surface area contributed by atoms with Crippen LogP contribution in [0.2, 0.25) is 0 Å². The number of carbonyl (C=O) groups is 2. The Bertz CT molecular complexity index is 943. The molecule has 6 heteroatoms. The average Bonchev–Trinajstić information content (AvgIpc) is 2.91. The van der Waals surface area contributed by atoms with Crippen molar-refractivity contribution >= 4 is 11.8 Å². The number of halogens is 3. The first-order valence-corrected chi connectivity index (χ1v) is 7.64. The monoisotopic (exact) mass is 358 g/mol. The Labute approximate surface area is 147 Å². The number of ether oxygens (including phenoxy) is 1. The van der Waals surface area contributed by atoms with Gasteiger partial charge < -0.3 is 4.74 Å². The first kappa shape index (κ1) is 17.7. The Morgan fingerprint density at radius 1 is 0.808 bits per heavy atom. The molecule has 0 spiro atoms. The van der Waals surface area contributed by atoms with Gasteiger partial charge in [0.1, 0.15) is 0 Å². The second-order valence-corrected chi connectivity index (χ2v) is 5.63. The van der Waals surface area contributed by atoms with E-state index in [1.807, 2.05) is 0 Å². The second-order valence-electron chi connectivity index (χ2n) is 5.63. The minimum Gasteiger partial charge on any atom is -0.465 e. The van der Waals surface area contributed by atoms with Crippen LogP contribution in [-0.2, 0) is 10.9 Å². The fourth-order valence-corrected chi connectivity index (χ4v) is 2.67. The number of benzene rings is 1. The van der Waals surface area contributed by atoms with Crippen molar-refractivity contribution in [3.8, 4) is 11.1 Å². The highest BCUT2D eigenvalue weighted by Crippen LogP contribution is 2.32. The van der Waals surface area contributed by atoms with E-state index in [1.54, 1.807) is 30.3 Å². The van der Waals surface area contributed by atoms with E-state index in [0.29, 0.717) is 16.7 Å². The number of carbonyl (C=O) groups excluding carboxylic acids is 2. The molecule has 3 rings (SSSR count). The summed E-state index contributed by atoms with van der Waals surface area (Å²) in [5, 5.41) is 0. The van der Waals surface area contributed by atoms with E-state index in [9.17, 15) is 22.8 Å². The summed E-state index contributed by atoms with van der Waals surface area (Å²) in [5.41, 5.74) is 1.37. The zero-order chi connectivity index (χ0) is 18.9. The van der Waals surface area contributed by atoms with Gasteiger partial charge in [-0.15, -0.1) is 0 Å². The lowest BCUT2D eigenvalue weighted by Crippen LogP contribution is -2.06. The van der Waals surface area contributed by atoms with Crippen molar-refractivity contribution in [2.24, 2.45) is 0 Å². The van der Waals surface area contributed by atoms with Crippen LogP contribution in [-0.4, -0.2) is 18.9 Å². The van der Waals surface area contributed by atoms with Crippen molar-refractivity contribution in [2.45, 2.75) is 6.18 Å². The third-order valence-electron chi connectivity index (χ3n) is 4.04. The molecule has 3 nitrogen and oxygen atoms in total. The molecule has 2 aliphatic carbocycles. The summed E-state index contributed by atoms with van der Waals surface area (Å²) in [6.07, 6.45) is -4.45. The summed E-state index contributed by atoms with van der Waals surface area (Å²) in [7, 11) is 1.27. The number of methoxy groups -OCH3 is 1. The van der Waals surface area contributed by atoms with Crippen LogP contribution in [0.15, 0.2) is 60.7 Å². The van der Waals surface area contributed by atoms with E-state index in [1.165, 1.54) is 13.2 Å². The molecule has 0 aromatic heterocycles. The van der Waals surface area contributed by atoms with Crippen LogP contribution >= 0.6 is 0 Å². The molecule has 0 unspecified atom stereocenters. The van der Waals surface area contributed by atoms with Crippen molar-refractivity contribution < 1.29 is 27.5 Å². The first-order valence-electron chi connectivity index (χ1n) is 7.64. The van der Waals surface area contributed by atoms with Gasteiger partial charge in [0.15, 0.2) is 5.78 Å². The minimum absolute atomic E-state index is 0.158. The Balaban J connectivity index is 1.98. The van der Waals surface area contributed by atoms with E-state index in [4.69, 9.17) is 0 Å². The molecule has 0 radical (unpaired) electrons. The van der Waals surface area contributed by atoms with Crippen LogP contribution < -0.4 is 0 Å². The molecule has 2 aliphatic rings. The lowest BCUT2D eigenvalue weighted by atomic mass is 10.00. The van der Waals surface area contributed by atoms with Gasteiger partial charge in [-0.3, -0.25) is 4.79 Å². The maximum atomic E-state index is 12.7. The highest BCUT2D eigenvalue weighted by Gasteiger charge is 2.30. The van der Waals surface area contributed by atoms with Gasteiger partial charge in [0.2, 0.25) is 0 Å². The van der Waals surface area contributed by atoms with Crippen LogP contribution in [0.3, 0.4) is 0 Å². The van der Waals surface area contributed by atoms with Crippen molar-refractivity contribution in [1.29, 1.82) is 0 Å². The maximum Gasteiger partial charge on any atom is 0.416 e. The summed E-state index contributed by atoms with van der Waals surface area (Å²) < 4.78 is 42.6. The van der Waals surface area contributed by atoms with E-state index < -0.39 is 17.7 Å². The fraction of sp³-hybridized carbons (Fsp3) is 0.100. The molecule has 132 valence electrons. The second kappa shape index (κ2) is 6.63. The van der Waals surface area contributed by atoms with Crippen LogP contribution in [0.1, 0.15) is 31.8 Å². The number of fused-ring (bicyclic) bond motifs is 1. The molecule has 0 fully saturated rings. The average molecular weight is 358 g/mol. The maximum absolute atomic E-state index is 12.7. The number of alkyl halides is 3. The molecule has 1 aromatic rings. The number of esters is 1. The van der Waals surface area contributed by atoms with Crippen LogP contribution in [0.4, 0.5) is 13.2 Å². The molecule has 1 aromatic carbocycles. The molecule has 0 heterocycles. The lowest BCUT2D eigenvalue weighted by molar-refractivity contribution is -0.137. The quantitative estimate of drug-likeness (QED) is 0.498. The third kappa shape index (κ3) is 3.31. The van der Waals surface area contributed by atoms with Gasteiger partial charge in [-0.2, -0.15) is 13.2 Å². The predicted molar refractivity (Wildman–Crippen MR) is 89.3 cm³/mol. The van der Waals surface area contributed by atoms with Crippen molar-refractivity contribution in [1.82, 2.24) is 0 Å². The van der Waals surface area contributed by atoms with Gasteiger partial charge in [-0.1, -0.05) is 30.3 Å². The highest BCUT2D eigenvalue weighted by molar-refractivity contribution is 6.13. The van der Waals surface area contributed by atoms with Crippen LogP contribution in [0.5, 0.6) is 0 Å². The van der Waals surface area contributed by atoms with Crippen molar-refractivity contribution in [2.75, 3.05) is 7.11 Å². The molecule has 0 N–H and O–H groups in total. The largest absolute Gasteiger partial charge is 0.465 e. The summed E-state index contributed by atoms with van der Waals surface area (Å²) in [6.45, 7) is 0.